The van der Waals surface area contributed by atoms with Gasteiger partial charge in [-0.2, -0.15) is 9.40 Å². The average Bonchev–Trinajstić information content (AvgIpc) is 3.41. The smallest absolute Gasteiger partial charge is 0.320 e. The molecule has 2 amide bonds. The molecule has 1 aromatic carbocycles. The molecule has 4 heterocycles. The number of amides is 2. The molecular formula is C23H26ClFN6O3S. The molecule has 5 fully saturated rings. The van der Waals surface area contributed by atoms with Crippen molar-refractivity contribution in [2.24, 2.45) is 10.8 Å². The van der Waals surface area contributed by atoms with E-state index in [4.69, 9.17) is 11.6 Å². The van der Waals surface area contributed by atoms with Crippen molar-refractivity contribution in [3.8, 4) is 0 Å². The number of aromatic nitrogens is 3. The van der Waals surface area contributed by atoms with E-state index in [1.807, 2.05) is 9.80 Å². The van der Waals surface area contributed by atoms with Gasteiger partial charge in [0.25, 0.3) is 0 Å². The van der Waals surface area contributed by atoms with Crippen molar-refractivity contribution in [2.75, 3.05) is 39.3 Å². The highest BCUT2D eigenvalue weighted by atomic mass is 35.5. The van der Waals surface area contributed by atoms with Crippen molar-refractivity contribution in [1.29, 1.82) is 0 Å². The van der Waals surface area contributed by atoms with Gasteiger partial charge >= 0.3 is 6.03 Å². The Morgan fingerprint density at radius 1 is 1.03 bits per heavy atom. The maximum absolute atomic E-state index is 13.3. The van der Waals surface area contributed by atoms with E-state index in [2.05, 4.69) is 15.2 Å². The molecule has 0 radical (unpaired) electrons. The van der Waals surface area contributed by atoms with Crippen LogP contribution in [0, 0.1) is 16.6 Å². The summed E-state index contributed by atoms with van der Waals surface area (Å²) in [6.45, 7) is 3.35. The van der Waals surface area contributed by atoms with Gasteiger partial charge in [-0.05, 0) is 43.9 Å². The van der Waals surface area contributed by atoms with Gasteiger partial charge in [0.05, 0.1) is 5.02 Å². The summed E-state index contributed by atoms with van der Waals surface area (Å²) in [4.78, 5) is 21.2. The Labute approximate surface area is 207 Å². The third-order valence-electron chi connectivity index (χ3n) is 8.39. The van der Waals surface area contributed by atoms with E-state index in [1.54, 1.807) is 0 Å². The van der Waals surface area contributed by atoms with Gasteiger partial charge in [0.15, 0.2) is 5.82 Å². The van der Waals surface area contributed by atoms with Crippen molar-refractivity contribution in [3.05, 3.63) is 40.7 Å². The first-order chi connectivity index (χ1) is 16.7. The maximum Gasteiger partial charge on any atom is 0.320 e. The molecule has 5 aliphatic rings. The number of H-pyrrole nitrogens is 1. The fourth-order valence-electron chi connectivity index (χ4n) is 6.33. The Bertz CT molecular complexity index is 1320. The van der Waals surface area contributed by atoms with E-state index in [-0.39, 0.29) is 26.8 Å². The van der Waals surface area contributed by atoms with Crippen LogP contribution in [0.15, 0.2) is 23.1 Å². The number of carbonyl (C=O) groups excluding carboxylic acids is 1. The quantitative estimate of drug-likeness (QED) is 0.668. The van der Waals surface area contributed by atoms with Gasteiger partial charge in [-0.25, -0.2) is 22.6 Å². The number of nitrogens with zero attached hydrogens (tertiary/aromatic N) is 5. The fraction of sp³-hybridized carbons (Fsp3) is 0.609. The number of hydrogen-bond donors (Lipinski definition) is 1. The highest BCUT2D eigenvalue weighted by Gasteiger charge is 2.60. The number of hydrogen-bond acceptors (Lipinski definition) is 5. The summed E-state index contributed by atoms with van der Waals surface area (Å²) in [5.74, 6) is 2.35. The minimum Gasteiger partial charge on any atom is -0.323 e. The lowest BCUT2D eigenvalue weighted by molar-refractivity contribution is -0.0930. The van der Waals surface area contributed by atoms with Crippen molar-refractivity contribution in [3.63, 3.8) is 0 Å². The molecule has 9 nitrogen and oxygen atoms in total. The number of aromatic amines is 1. The zero-order chi connectivity index (χ0) is 24.2. The summed E-state index contributed by atoms with van der Waals surface area (Å²) in [5, 5.41) is 7.39. The van der Waals surface area contributed by atoms with E-state index < -0.39 is 15.8 Å². The van der Waals surface area contributed by atoms with Crippen LogP contribution in [0.5, 0.6) is 0 Å². The van der Waals surface area contributed by atoms with Gasteiger partial charge in [-0.15, -0.1) is 0 Å². The van der Waals surface area contributed by atoms with Gasteiger partial charge in [0, 0.05) is 61.9 Å². The van der Waals surface area contributed by atoms with Gasteiger partial charge < -0.3 is 9.80 Å². The Balaban J connectivity index is 0.891. The molecule has 1 N–H and O–H groups in total. The number of rotatable bonds is 4. The van der Waals surface area contributed by atoms with Gasteiger partial charge in [0.1, 0.15) is 16.5 Å². The topological polar surface area (TPSA) is 102 Å². The lowest BCUT2D eigenvalue weighted by Crippen LogP contribution is -2.76. The molecule has 3 saturated heterocycles. The Hall–Kier alpha value is -2.24. The van der Waals surface area contributed by atoms with Crippen molar-refractivity contribution in [2.45, 2.75) is 42.4 Å². The lowest BCUT2D eigenvalue weighted by Gasteiger charge is -2.63. The molecule has 7 rings (SSSR count). The Kier molecular flexibility index (Phi) is 4.50. The SMILES string of the molecule is O=C(N1CC2(CC(c3n[nH]c(C4CC4)n3)C2)C1)N1CC2(C1)CN(S(=O)(=O)c1ccc(F)cc1Cl)C2. The molecule has 2 saturated carbocycles. The van der Waals surface area contributed by atoms with E-state index in [0.717, 1.165) is 49.7 Å². The van der Waals surface area contributed by atoms with E-state index in [1.165, 1.54) is 23.2 Å². The second-order valence-electron chi connectivity index (χ2n) is 11.3. The summed E-state index contributed by atoms with van der Waals surface area (Å²) in [7, 11) is -3.78. The monoisotopic (exact) mass is 520 g/mol. The molecule has 0 unspecified atom stereocenters. The molecule has 1 aromatic heterocycles. The number of benzene rings is 1. The predicted octanol–water partition coefficient (Wildman–Crippen LogP) is 2.78. The number of halogens is 2. The Morgan fingerprint density at radius 3 is 2.31 bits per heavy atom. The van der Waals surface area contributed by atoms with Crippen LogP contribution in [0.4, 0.5) is 9.18 Å². The summed E-state index contributed by atoms with van der Waals surface area (Å²) >= 11 is 5.97. The fourth-order valence-corrected chi connectivity index (χ4v) is 8.50. The largest absolute Gasteiger partial charge is 0.323 e. The average molecular weight is 521 g/mol. The normalized spacial score (nSPS) is 25.2. The van der Waals surface area contributed by atoms with Gasteiger partial charge in [0.2, 0.25) is 10.0 Å². The summed E-state index contributed by atoms with van der Waals surface area (Å²) in [6.07, 6.45) is 4.46. The van der Waals surface area contributed by atoms with Gasteiger partial charge in [-0.1, -0.05) is 11.6 Å². The maximum atomic E-state index is 13.3. The summed E-state index contributed by atoms with van der Waals surface area (Å²) in [5.41, 5.74) is 0.0171. The second-order valence-corrected chi connectivity index (χ2v) is 13.6. The van der Waals surface area contributed by atoms with Crippen molar-refractivity contribution >= 4 is 27.7 Å². The highest BCUT2D eigenvalue weighted by Crippen LogP contribution is 2.56. The molecule has 12 heteroatoms. The zero-order valence-electron chi connectivity index (χ0n) is 19.1. The number of likely N-dealkylation sites (tertiary alicyclic amines) is 2. The number of sulfonamides is 1. The molecular weight excluding hydrogens is 495 g/mol. The zero-order valence-corrected chi connectivity index (χ0v) is 20.7. The van der Waals surface area contributed by atoms with Crippen molar-refractivity contribution in [1.82, 2.24) is 29.3 Å². The van der Waals surface area contributed by atoms with Crippen LogP contribution in [-0.4, -0.2) is 83.0 Å². The van der Waals surface area contributed by atoms with Crippen LogP contribution >= 0.6 is 11.6 Å². The first kappa shape index (κ1) is 22.0. The number of carbonyl (C=O) groups is 1. The van der Waals surface area contributed by atoms with E-state index >= 15 is 0 Å². The minimum absolute atomic E-state index is 0.0431. The molecule has 35 heavy (non-hydrogen) atoms. The van der Waals surface area contributed by atoms with Crippen LogP contribution in [-0.2, 0) is 10.0 Å². The summed E-state index contributed by atoms with van der Waals surface area (Å²) in [6, 6.07) is 3.35. The van der Waals surface area contributed by atoms with Crippen LogP contribution in [0.3, 0.4) is 0 Å². The third kappa shape index (κ3) is 3.41. The lowest BCUT2D eigenvalue weighted by atomic mass is 9.57. The highest BCUT2D eigenvalue weighted by molar-refractivity contribution is 7.89. The summed E-state index contributed by atoms with van der Waals surface area (Å²) < 4.78 is 40.4. The van der Waals surface area contributed by atoms with Crippen LogP contribution in [0.1, 0.15) is 49.2 Å². The predicted molar refractivity (Wildman–Crippen MR) is 124 cm³/mol. The second kappa shape index (κ2) is 7.17. The first-order valence-corrected chi connectivity index (χ1v) is 13.9. The van der Waals surface area contributed by atoms with Crippen LogP contribution < -0.4 is 0 Å². The molecule has 2 spiro atoms. The molecule has 2 aromatic rings. The van der Waals surface area contributed by atoms with Crippen LogP contribution in [0.2, 0.25) is 5.02 Å². The number of urea groups is 1. The van der Waals surface area contributed by atoms with Crippen molar-refractivity contribution < 1.29 is 17.6 Å². The standard InChI is InChI=1S/C23H26ClFN6O3S/c24-17-5-16(25)3-4-18(17)35(33,34)31-12-23(13-31)10-30(11-23)21(32)29-8-22(9-29)6-15(7-22)20-26-19(27-28-20)14-1-2-14/h3-5,14-15H,1-2,6-13H2,(H,26,27,28). The molecule has 0 bridgehead atoms. The third-order valence-corrected chi connectivity index (χ3v) is 10.7. The van der Waals surface area contributed by atoms with Crippen LogP contribution in [0.25, 0.3) is 0 Å². The molecule has 2 aliphatic carbocycles. The number of nitrogens with one attached hydrogen (secondary N) is 1. The van der Waals surface area contributed by atoms with Gasteiger partial charge in [-0.3, -0.25) is 5.10 Å². The first-order valence-electron chi connectivity index (χ1n) is 12.1. The minimum atomic E-state index is -3.78. The molecule has 186 valence electrons. The van der Waals surface area contributed by atoms with E-state index in [9.17, 15) is 17.6 Å². The molecule has 3 aliphatic heterocycles. The van der Waals surface area contributed by atoms with E-state index in [0.29, 0.717) is 38.0 Å². The molecule has 0 atom stereocenters. The Morgan fingerprint density at radius 2 is 1.69 bits per heavy atom.